The van der Waals surface area contributed by atoms with Crippen LogP contribution in [-0.4, -0.2) is 48.4 Å². The normalized spacial score (nSPS) is 15.4. The summed E-state index contributed by atoms with van der Waals surface area (Å²) >= 11 is 18.3. The van der Waals surface area contributed by atoms with Crippen molar-refractivity contribution in [1.82, 2.24) is 9.80 Å². The Bertz CT molecular complexity index is 1130. The summed E-state index contributed by atoms with van der Waals surface area (Å²) in [6.45, 7) is 6.12. The minimum atomic E-state index is -0.106. The molecule has 0 unspecified atom stereocenters. The van der Waals surface area contributed by atoms with E-state index in [0.717, 1.165) is 30.8 Å². The molecular formula is C27H27Cl3N2O2. The maximum Gasteiger partial charge on any atom is 0.255 e. The van der Waals surface area contributed by atoms with E-state index in [1.807, 2.05) is 29.2 Å². The van der Waals surface area contributed by atoms with Crippen LogP contribution < -0.4 is 0 Å². The molecule has 1 fully saturated rings. The second kappa shape index (κ2) is 11.6. The Morgan fingerprint density at radius 1 is 0.912 bits per heavy atom. The van der Waals surface area contributed by atoms with Crippen LogP contribution in [0.3, 0.4) is 0 Å². The van der Waals surface area contributed by atoms with Gasteiger partial charge in [0.1, 0.15) is 0 Å². The van der Waals surface area contributed by atoms with Gasteiger partial charge < -0.3 is 9.64 Å². The third kappa shape index (κ3) is 6.53. The van der Waals surface area contributed by atoms with Crippen molar-refractivity contribution in [3.63, 3.8) is 0 Å². The summed E-state index contributed by atoms with van der Waals surface area (Å²) in [7, 11) is 0. The van der Waals surface area contributed by atoms with Gasteiger partial charge in [0.15, 0.2) is 0 Å². The van der Waals surface area contributed by atoms with Crippen LogP contribution in [0.2, 0.25) is 15.1 Å². The van der Waals surface area contributed by atoms with Crippen molar-refractivity contribution < 1.29 is 9.53 Å². The molecule has 1 atom stereocenters. The van der Waals surface area contributed by atoms with Crippen LogP contribution in [0.5, 0.6) is 0 Å². The molecule has 0 saturated carbocycles. The topological polar surface area (TPSA) is 32.8 Å². The molecule has 34 heavy (non-hydrogen) atoms. The largest absolute Gasteiger partial charge is 0.368 e. The molecule has 4 nitrogen and oxygen atoms in total. The van der Waals surface area contributed by atoms with Gasteiger partial charge in [0.05, 0.1) is 23.3 Å². The molecule has 3 aromatic rings. The minimum Gasteiger partial charge on any atom is -0.368 e. The number of carbonyl (C=O) groups is 1. The van der Waals surface area contributed by atoms with Crippen molar-refractivity contribution in [2.75, 3.05) is 32.7 Å². The van der Waals surface area contributed by atoms with Gasteiger partial charge in [0, 0.05) is 42.8 Å². The fourth-order valence-corrected chi connectivity index (χ4v) is 4.75. The van der Waals surface area contributed by atoms with Crippen molar-refractivity contribution >= 4 is 40.7 Å². The van der Waals surface area contributed by atoms with Crippen LogP contribution in [0.4, 0.5) is 0 Å². The number of nitrogens with zero attached hydrogens (tertiary/aromatic N) is 2. The quantitative estimate of drug-likeness (QED) is 0.351. The molecule has 0 bridgehead atoms. The third-order valence-electron chi connectivity index (χ3n) is 6.02. The molecule has 0 radical (unpaired) electrons. The van der Waals surface area contributed by atoms with Crippen LogP contribution in [0, 0.1) is 6.92 Å². The first kappa shape index (κ1) is 25.0. The van der Waals surface area contributed by atoms with E-state index in [9.17, 15) is 4.79 Å². The first-order valence-electron chi connectivity index (χ1n) is 11.3. The maximum atomic E-state index is 12.9. The van der Waals surface area contributed by atoms with Crippen molar-refractivity contribution in [2.24, 2.45) is 0 Å². The number of hydrogen-bond acceptors (Lipinski definition) is 3. The molecule has 4 rings (SSSR count). The summed E-state index contributed by atoms with van der Waals surface area (Å²) in [5.74, 6) is -0.0636. The first-order valence-corrected chi connectivity index (χ1v) is 12.4. The molecule has 0 aromatic heterocycles. The number of rotatable bonds is 7. The number of hydrogen-bond donors (Lipinski definition) is 0. The summed E-state index contributed by atoms with van der Waals surface area (Å²) in [6, 6.07) is 21.2. The van der Waals surface area contributed by atoms with Crippen molar-refractivity contribution in [1.29, 1.82) is 0 Å². The van der Waals surface area contributed by atoms with Crippen molar-refractivity contribution in [3.8, 4) is 0 Å². The van der Waals surface area contributed by atoms with Crippen LogP contribution in [0.15, 0.2) is 66.7 Å². The summed E-state index contributed by atoms with van der Waals surface area (Å²) in [5, 5.41) is 1.60. The number of carbonyl (C=O) groups excluding carboxylic acids is 1. The molecule has 1 aliphatic rings. The van der Waals surface area contributed by atoms with Gasteiger partial charge in [0.25, 0.3) is 5.91 Å². The highest BCUT2D eigenvalue weighted by Crippen LogP contribution is 2.25. The average molecular weight is 518 g/mol. The molecule has 0 aliphatic carbocycles. The lowest BCUT2D eigenvalue weighted by Gasteiger charge is -2.36. The lowest BCUT2D eigenvalue weighted by atomic mass is 10.1. The Hall–Kier alpha value is -2.08. The fourth-order valence-electron chi connectivity index (χ4n) is 4.13. The minimum absolute atomic E-state index is 0.0636. The zero-order chi connectivity index (χ0) is 24.1. The number of ether oxygens (including phenoxy) is 1. The molecule has 1 amide bonds. The Morgan fingerprint density at radius 2 is 1.62 bits per heavy atom. The van der Waals surface area contributed by atoms with E-state index < -0.39 is 0 Å². The molecule has 7 heteroatoms. The van der Waals surface area contributed by atoms with Crippen LogP contribution >= 0.6 is 34.8 Å². The van der Waals surface area contributed by atoms with E-state index in [1.54, 1.807) is 18.2 Å². The highest BCUT2D eigenvalue weighted by atomic mass is 35.5. The van der Waals surface area contributed by atoms with E-state index in [0.29, 0.717) is 40.3 Å². The number of aryl methyl sites for hydroxylation is 1. The maximum absolute atomic E-state index is 12.9. The highest BCUT2D eigenvalue weighted by molar-refractivity contribution is 6.36. The number of piperazine rings is 1. The van der Waals surface area contributed by atoms with Crippen LogP contribution in [0.25, 0.3) is 0 Å². The average Bonchev–Trinajstić information content (AvgIpc) is 2.82. The van der Waals surface area contributed by atoms with Gasteiger partial charge in [-0.3, -0.25) is 9.69 Å². The Kier molecular flexibility index (Phi) is 8.51. The Balaban J connectivity index is 1.39. The van der Waals surface area contributed by atoms with E-state index in [4.69, 9.17) is 39.5 Å². The van der Waals surface area contributed by atoms with E-state index in [1.165, 1.54) is 5.56 Å². The number of halogens is 3. The fraction of sp³-hybridized carbons (Fsp3) is 0.296. The van der Waals surface area contributed by atoms with Gasteiger partial charge in [-0.15, -0.1) is 0 Å². The van der Waals surface area contributed by atoms with Gasteiger partial charge in [-0.1, -0.05) is 76.8 Å². The van der Waals surface area contributed by atoms with Gasteiger partial charge >= 0.3 is 0 Å². The molecule has 1 aliphatic heterocycles. The van der Waals surface area contributed by atoms with E-state index >= 15 is 0 Å². The van der Waals surface area contributed by atoms with Gasteiger partial charge in [-0.05, 0) is 48.4 Å². The Labute approximate surface area is 216 Å². The zero-order valence-electron chi connectivity index (χ0n) is 19.0. The van der Waals surface area contributed by atoms with Crippen LogP contribution in [0.1, 0.15) is 33.2 Å². The molecular weight excluding hydrogens is 491 g/mol. The standard InChI is InChI=1S/C27H27Cl3N2O2/c1-19-3-2-4-20(15-19)18-34-26(21-5-7-22(28)8-6-21)17-31-11-13-32(14-12-31)27(33)24-10-9-23(29)16-25(24)30/h2-10,15-16,26H,11-14,17-18H2,1H3/t26-/m1/s1. The smallest absolute Gasteiger partial charge is 0.255 e. The van der Waals surface area contributed by atoms with Gasteiger partial charge in [-0.25, -0.2) is 0 Å². The highest BCUT2D eigenvalue weighted by Gasteiger charge is 2.26. The van der Waals surface area contributed by atoms with Gasteiger partial charge in [-0.2, -0.15) is 0 Å². The monoisotopic (exact) mass is 516 g/mol. The van der Waals surface area contributed by atoms with E-state index in [2.05, 4.69) is 36.1 Å². The van der Waals surface area contributed by atoms with E-state index in [-0.39, 0.29) is 12.0 Å². The first-order chi connectivity index (χ1) is 16.4. The second-order valence-electron chi connectivity index (χ2n) is 8.56. The van der Waals surface area contributed by atoms with Crippen LogP contribution in [-0.2, 0) is 11.3 Å². The lowest BCUT2D eigenvalue weighted by molar-refractivity contribution is 0.00341. The summed E-state index contributed by atoms with van der Waals surface area (Å²) in [6.07, 6.45) is -0.106. The lowest BCUT2D eigenvalue weighted by Crippen LogP contribution is -2.49. The Morgan fingerprint density at radius 3 is 2.29 bits per heavy atom. The molecule has 0 N–H and O–H groups in total. The predicted octanol–water partition coefficient (Wildman–Crippen LogP) is 6.67. The molecule has 3 aromatic carbocycles. The molecule has 1 heterocycles. The number of benzene rings is 3. The summed E-state index contributed by atoms with van der Waals surface area (Å²) in [5.41, 5.74) is 3.93. The second-order valence-corrected chi connectivity index (χ2v) is 9.84. The third-order valence-corrected chi connectivity index (χ3v) is 6.82. The SMILES string of the molecule is Cc1cccc(CO[C@H](CN2CCN(C(=O)c3ccc(Cl)cc3Cl)CC2)c2ccc(Cl)cc2)c1. The molecule has 1 saturated heterocycles. The zero-order valence-corrected chi connectivity index (χ0v) is 21.3. The number of amides is 1. The molecule has 178 valence electrons. The molecule has 0 spiro atoms. The summed E-state index contributed by atoms with van der Waals surface area (Å²) < 4.78 is 6.39. The van der Waals surface area contributed by atoms with Crippen molar-refractivity contribution in [3.05, 3.63) is 104 Å². The predicted molar refractivity (Wildman–Crippen MR) is 139 cm³/mol. The van der Waals surface area contributed by atoms with Gasteiger partial charge in [0.2, 0.25) is 0 Å². The van der Waals surface area contributed by atoms with Crippen molar-refractivity contribution in [2.45, 2.75) is 19.6 Å². The summed E-state index contributed by atoms with van der Waals surface area (Å²) in [4.78, 5) is 17.1.